The van der Waals surface area contributed by atoms with Crippen LogP contribution in [0.4, 0.5) is 0 Å². The minimum atomic E-state index is -2.07. The summed E-state index contributed by atoms with van der Waals surface area (Å²) in [5.41, 5.74) is 1.77. The van der Waals surface area contributed by atoms with Crippen LogP contribution in [0, 0.1) is 0 Å². The van der Waals surface area contributed by atoms with Gasteiger partial charge in [0, 0.05) is 43.8 Å². The Hall–Kier alpha value is -3.30. The molecule has 10 heteroatoms. The number of hydrogen-bond donors (Lipinski definition) is 2. The number of rotatable bonds is 3. The van der Waals surface area contributed by atoms with Gasteiger partial charge in [-0.2, -0.15) is 0 Å². The third kappa shape index (κ3) is 16.5. The van der Waals surface area contributed by atoms with Crippen LogP contribution < -0.4 is 14.8 Å². The molecule has 0 unspecified atom stereocenters. The number of nitrogens with zero attached hydrogens (tertiary/aromatic N) is 2. The van der Waals surface area contributed by atoms with E-state index in [1.807, 2.05) is 42.2 Å². The first-order valence-electron chi connectivity index (χ1n) is 10.5. The molecule has 2 aliphatic heterocycles. The van der Waals surface area contributed by atoms with Crippen molar-refractivity contribution in [1.82, 2.24) is 0 Å². The van der Waals surface area contributed by atoms with Gasteiger partial charge in [0.1, 0.15) is 20.1 Å². The Morgan fingerprint density at radius 1 is 0.844 bits per heavy atom. The van der Waals surface area contributed by atoms with E-state index < -0.39 is 30.3 Å². The fourth-order valence-electron chi connectivity index (χ4n) is 3.00. The van der Waals surface area contributed by atoms with Crippen LogP contribution in [0.5, 0.6) is 0 Å². The number of carboxylic acids is 4. The van der Waals surface area contributed by atoms with Crippen LogP contribution in [0.3, 0.4) is 0 Å². The van der Waals surface area contributed by atoms with Gasteiger partial charge in [0.15, 0.2) is 24.1 Å². The number of carbonyl (C=O) groups excluding carboxylic acids is 2. The zero-order valence-corrected chi connectivity index (χ0v) is 18.4. The molecule has 0 aliphatic carbocycles. The molecule has 2 N–H and O–H groups in total. The molecule has 0 atom stereocenters. The predicted molar refractivity (Wildman–Crippen MR) is 109 cm³/mol. The van der Waals surface area contributed by atoms with E-state index in [0.29, 0.717) is 0 Å². The normalized spacial score (nSPS) is 14.4. The van der Waals surface area contributed by atoms with Crippen molar-refractivity contribution in [3.8, 4) is 0 Å². The van der Waals surface area contributed by atoms with E-state index in [4.69, 9.17) is 24.9 Å². The molecule has 0 amide bonds. The summed E-state index contributed by atoms with van der Waals surface area (Å²) in [5, 5.41) is 33.7. The molecule has 32 heavy (non-hydrogen) atoms. The number of hydrogen-bond acceptors (Lipinski definition) is 6. The van der Waals surface area contributed by atoms with Crippen LogP contribution in [0.15, 0.2) is 30.6 Å². The molecule has 0 saturated heterocycles. The highest BCUT2D eigenvalue weighted by atomic mass is 16.4. The van der Waals surface area contributed by atoms with Gasteiger partial charge in [-0.25, -0.2) is 13.9 Å². The zero-order valence-electron chi connectivity index (χ0n) is 18.4. The van der Waals surface area contributed by atoms with E-state index in [2.05, 4.69) is 4.58 Å². The maximum atomic E-state index is 9.61. The Balaban J connectivity index is 0.000000414. The van der Waals surface area contributed by atoms with E-state index >= 15 is 0 Å². The minimum Gasteiger partial charge on any atom is -0.550 e. The van der Waals surface area contributed by atoms with E-state index in [9.17, 15) is 14.7 Å². The van der Waals surface area contributed by atoms with Crippen LogP contribution in [0.25, 0.3) is 0 Å². The van der Waals surface area contributed by atoms with Crippen molar-refractivity contribution in [3.05, 3.63) is 30.6 Å². The fraction of sp³-hybridized carbons (Fsp3) is 0.545. The average Bonchev–Trinajstić information content (AvgIpc) is 3.00. The van der Waals surface area contributed by atoms with Gasteiger partial charge in [-0.05, 0) is 25.7 Å². The summed E-state index contributed by atoms with van der Waals surface area (Å²) >= 11 is 0. The number of aliphatic carboxylic acids is 4. The lowest BCUT2D eigenvalue weighted by molar-refractivity contribution is -0.671. The van der Waals surface area contributed by atoms with Crippen molar-refractivity contribution in [2.75, 3.05) is 13.1 Å². The minimum absolute atomic E-state index is 0.359. The van der Waals surface area contributed by atoms with Crippen LogP contribution in [-0.2, 0) is 26.2 Å². The molecule has 0 saturated carbocycles. The topological polar surface area (TPSA) is 162 Å². The van der Waals surface area contributed by atoms with Crippen molar-refractivity contribution in [1.29, 1.82) is 0 Å². The molecule has 10 nitrogen and oxygen atoms in total. The van der Waals surface area contributed by atoms with Gasteiger partial charge >= 0.3 is 11.9 Å². The Bertz CT molecular complexity index is 718. The molecular formula is C22H32N2O8. The maximum Gasteiger partial charge on any atom is 0.351 e. The second kappa shape index (κ2) is 17.4. The van der Waals surface area contributed by atoms with Crippen LogP contribution >= 0.6 is 0 Å². The van der Waals surface area contributed by atoms with Gasteiger partial charge in [-0.1, -0.05) is 6.07 Å². The van der Waals surface area contributed by atoms with Crippen molar-refractivity contribution >= 4 is 29.6 Å². The fourth-order valence-corrected chi connectivity index (χ4v) is 3.00. The number of pyridine rings is 1. The van der Waals surface area contributed by atoms with E-state index in [1.54, 1.807) is 5.71 Å². The number of aromatic nitrogens is 1. The SMILES string of the molecule is C1CCC2=[N+](CC1)CCCC2.C[n+]1ccccc1.O=C([O-])C(=O)O.O=C([O-])CCC(=O)O. The maximum absolute atomic E-state index is 9.61. The summed E-state index contributed by atoms with van der Waals surface area (Å²) < 4.78 is 4.65. The van der Waals surface area contributed by atoms with Crippen molar-refractivity contribution in [3.63, 3.8) is 0 Å². The molecule has 0 radical (unpaired) electrons. The smallest absolute Gasteiger partial charge is 0.351 e. The first kappa shape index (κ1) is 28.7. The summed E-state index contributed by atoms with van der Waals surface area (Å²) in [5.74, 6) is -6.45. The third-order valence-corrected chi connectivity index (χ3v) is 4.57. The summed E-state index contributed by atoms with van der Waals surface area (Å²) in [6.07, 6.45) is 13.3. The number of aryl methyl sites for hydroxylation is 1. The molecular weight excluding hydrogens is 420 g/mol. The molecule has 0 spiro atoms. The first-order valence-corrected chi connectivity index (χ1v) is 10.5. The van der Waals surface area contributed by atoms with Crippen molar-refractivity contribution in [2.24, 2.45) is 7.05 Å². The van der Waals surface area contributed by atoms with Gasteiger partial charge in [0.25, 0.3) is 0 Å². The Morgan fingerprint density at radius 3 is 1.72 bits per heavy atom. The van der Waals surface area contributed by atoms with Crippen molar-refractivity contribution < 1.29 is 48.7 Å². The summed E-state index contributed by atoms with van der Waals surface area (Å²) in [4.78, 5) is 37.2. The highest BCUT2D eigenvalue weighted by molar-refractivity contribution is 6.26. The first-order chi connectivity index (χ1) is 15.1. The highest BCUT2D eigenvalue weighted by Gasteiger charge is 2.20. The van der Waals surface area contributed by atoms with E-state index in [0.717, 1.165) is 0 Å². The van der Waals surface area contributed by atoms with E-state index in [1.165, 1.54) is 58.0 Å². The van der Waals surface area contributed by atoms with Crippen LogP contribution in [0.2, 0.25) is 0 Å². The predicted octanol–water partition coefficient (Wildman–Crippen LogP) is -0.869. The van der Waals surface area contributed by atoms with Crippen molar-refractivity contribution in [2.45, 2.75) is 57.8 Å². The quantitative estimate of drug-likeness (QED) is 0.442. The monoisotopic (exact) mass is 452 g/mol. The summed E-state index contributed by atoms with van der Waals surface area (Å²) in [7, 11) is 2.00. The number of carbonyl (C=O) groups is 4. The molecule has 1 aromatic rings. The van der Waals surface area contributed by atoms with Gasteiger partial charge in [0.2, 0.25) is 0 Å². The standard InChI is InChI=1S/C10H18N.C6H8N.C4H6O4.C2H2O4/c1-2-6-10-7-3-5-9-11(10)8-4-1;1-7-5-3-2-4-6-7;5-3(6)1-2-4(7)8;3-1(4)2(5)6/h1-9H2;2-6H,1H3;1-2H2,(H,5,6)(H,7,8);(H,3,4)(H,5,6)/q2*+1;;/p-2. The lowest BCUT2D eigenvalue weighted by Gasteiger charge is -2.12. The Labute approximate surface area is 187 Å². The lowest BCUT2D eigenvalue weighted by atomic mass is 10.0. The van der Waals surface area contributed by atoms with Crippen LogP contribution in [-0.4, -0.2) is 57.5 Å². The number of carboxylic acid groups (broad SMARTS) is 4. The molecule has 0 aromatic carbocycles. The average molecular weight is 453 g/mol. The second-order valence-corrected chi connectivity index (χ2v) is 7.22. The van der Waals surface area contributed by atoms with Crippen LogP contribution in [0.1, 0.15) is 57.8 Å². The Morgan fingerprint density at radius 2 is 1.34 bits per heavy atom. The van der Waals surface area contributed by atoms with E-state index in [-0.39, 0.29) is 6.42 Å². The summed E-state index contributed by atoms with van der Waals surface area (Å²) in [6, 6.07) is 6.00. The molecule has 3 heterocycles. The largest absolute Gasteiger partial charge is 0.550 e. The molecule has 3 rings (SSSR count). The highest BCUT2D eigenvalue weighted by Crippen LogP contribution is 2.15. The van der Waals surface area contributed by atoms with Gasteiger partial charge < -0.3 is 30.0 Å². The van der Waals surface area contributed by atoms with Gasteiger partial charge in [-0.3, -0.25) is 4.79 Å². The zero-order chi connectivity index (χ0) is 24.4. The molecule has 1 aromatic heterocycles. The summed E-state index contributed by atoms with van der Waals surface area (Å²) in [6.45, 7) is 2.71. The Kier molecular flexibility index (Phi) is 15.6. The van der Waals surface area contributed by atoms with Gasteiger partial charge in [0.05, 0.1) is 6.42 Å². The van der Waals surface area contributed by atoms with Gasteiger partial charge in [-0.15, -0.1) is 0 Å². The molecule has 178 valence electrons. The lowest BCUT2D eigenvalue weighted by Crippen LogP contribution is -2.30. The molecule has 2 aliphatic rings. The molecule has 0 fully saturated rings. The third-order valence-electron chi connectivity index (χ3n) is 4.57. The second-order valence-electron chi connectivity index (χ2n) is 7.22. The molecule has 0 bridgehead atoms.